The molecule has 1 aliphatic heterocycles. The first-order chi connectivity index (χ1) is 12.8. The van der Waals surface area contributed by atoms with Crippen molar-refractivity contribution in [3.05, 3.63) is 56.1 Å². The summed E-state index contributed by atoms with van der Waals surface area (Å²) in [5, 5.41) is 21.7. The molecule has 0 aliphatic carbocycles. The molecule has 1 aromatic carbocycles. The molecule has 1 saturated heterocycles. The fourth-order valence-electron chi connectivity index (χ4n) is 2.29. The van der Waals surface area contributed by atoms with Gasteiger partial charge in [0.15, 0.2) is 0 Å². The number of benzene rings is 1. The number of nitro benzene ring substituents is 1. The van der Waals surface area contributed by atoms with E-state index in [9.17, 15) is 24.8 Å². The predicted molar refractivity (Wildman–Crippen MR) is 101 cm³/mol. The van der Waals surface area contributed by atoms with Crippen molar-refractivity contribution in [2.45, 2.75) is 0 Å². The summed E-state index contributed by atoms with van der Waals surface area (Å²) in [6, 6.07) is 7.39. The summed E-state index contributed by atoms with van der Waals surface area (Å²) in [6.07, 6.45) is 1.42. The van der Waals surface area contributed by atoms with Gasteiger partial charge in [0.05, 0.1) is 22.3 Å². The maximum Gasteiger partial charge on any atom is 0.288 e. The first kappa shape index (κ1) is 19.1. The second-order valence-electron chi connectivity index (χ2n) is 5.27. The Morgan fingerprint density at radius 1 is 1.37 bits per heavy atom. The Hall–Kier alpha value is -2.69. The van der Waals surface area contributed by atoms with Crippen LogP contribution in [0, 0.1) is 10.1 Å². The molecule has 1 aliphatic rings. The minimum atomic E-state index is -1.42. The molecule has 0 atom stereocenters. The molecule has 138 valence electrons. The van der Waals surface area contributed by atoms with Gasteiger partial charge >= 0.3 is 0 Å². The third-order valence-corrected chi connectivity index (χ3v) is 5.19. The Morgan fingerprint density at radius 2 is 2.11 bits per heavy atom. The molecular weight excluding hydrogens is 416 g/mol. The van der Waals surface area contributed by atoms with E-state index in [0.29, 0.717) is 17.1 Å². The van der Waals surface area contributed by atoms with Crippen LogP contribution in [0.25, 0.3) is 17.4 Å². The van der Waals surface area contributed by atoms with E-state index in [1.54, 1.807) is 18.2 Å². The van der Waals surface area contributed by atoms with Crippen molar-refractivity contribution >= 4 is 63.5 Å². The van der Waals surface area contributed by atoms with Gasteiger partial charge in [-0.1, -0.05) is 35.6 Å². The van der Waals surface area contributed by atoms with Gasteiger partial charge in [0.2, 0.25) is 0 Å². The van der Waals surface area contributed by atoms with Crippen molar-refractivity contribution in [2.75, 3.05) is 6.54 Å². The molecule has 1 amide bonds. The number of carboxylic acid groups (broad SMARTS) is 1. The Labute approximate surface area is 166 Å². The van der Waals surface area contributed by atoms with Crippen LogP contribution in [-0.2, 0) is 9.59 Å². The van der Waals surface area contributed by atoms with Crippen molar-refractivity contribution in [1.82, 2.24) is 4.90 Å². The number of carbonyl (C=O) groups is 2. The highest BCUT2D eigenvalue weighted by molar-refractivity contribution is 8.26. The van der Waals surface area contributed by atoms with Crippen molar-refractivity contribution in [3.63, 3.8) is 0 Å². The van der Waals surface area contributed by atoms with Crippen LogP contribution < -0.4 is 5.11 Å². The molecule has 0 bridgehead atoms. The van der Waals surface area contributed by atoms with Crippen LogP contribution in [-0.4, -0.2) is 32.6 Å². The number of aliphatic carboxylic acids is 1. The Balaban J connectivity index is 1.87. The smallest absolute Gasteiger partial charge is 0.288 e. The van der Waals surface area contributed by atoms with Gasteiger partial charge in [-0.2, -0.15) is 0 Å². The number of hydrogen-bond acceptors (Lipinski definition) is 8. The molecule has 2 heterocycles. The highest BCUT2D eigenvalue weighted by atomic mass is 35.5. The van der Waals surface area contributed by atoms with Gasteiger partial charge in [0, 0.05) is 17.7 Å². The van der Waals surface area contributed by atoms with Crippen molar-refractivity contribution in [1.29, 1.82) is 0 Å². The standard InChI is InChI=1S/C16H9ClN2O6S2/c17-10-3-1-8(5-11(10)19(23)24)12-4-2-9(25-12)6-13-15(22)18(7-14(20)21)16(26)27-13/h1-6H,7H2,(H,20,21)/p-1/b13-6+. The molecule has 11 heteroatoms. The maximum atomic E-state index is 12.2. The first-order valence-corrected chi connectivity index (χ1v) is 8.86. The van der Waals surface area contributed by atoms with E-state index in [1.807, 2.05) is 0 Å². The molecule has 8 nitrogen and oxygen atoms in total. The zero-order valence-electron chi connectivity index (χ0n) is 13.2. The fraction of sp³-hybridized carbons (Fsp3) is 0.0625. The molecule has 3 rings (SSSR count). The minimum absolute atomic E-state index is 0.00660. The van der Waals surface area contributed by atoms with Gasteiger partial charge in [0.1, 0.15) is 20.9 Å². The number of hydrogen-bond donors (Lipinski definition) is 0. The number of thioether (sulfide) groups is 1. The normalized spacial score (nSPS) is 15.6. The summed E-state index contributed by atoms with van der Waals surface area (Å²) >= 11 is 11.7. The van der Waals surface area contributed by atoms with E-state index in [4.69, 9.17) is 28.2 Å². The number of amides is 1. The molecule has 0 spiro atoms. The Bertz CT molecular complexity index is 1020. The largest absolute Gasteiger partial charge is 0.548 e. The predicted octanol–water partition coefficient (Wildman–Crippen LogP) is 2.46. The molecule has 1 aromatic heterocycles. The lowest BCUT2D eigenvalue weighted by atomic mass is 10.1. The van der Waals surface area contributed by atoms with Crippen molar-refractivity contribution in [3.8, 4) is 11.3 Å². The van der Waals surface area contributed by atoms with Crippen LogP contribution in [0.4, 0.5) is 5.69 Å². The number of halogens is 1. The molecule has 1 fully saturated rings. The minimum Gasteiger partial charge on any atom is -0.548 e. The molecule has 0 saturated carbocycles. The van der Waals surface area contributed by atoms with E-state index in [1.165, 1.54) is 18.2 Å². The summed E-state index contributed by atoms with van der Waals surface area (Å²) in [4.78, 5) is 34.4. The third-order valence-electron chi connectivity index (χ3n) is 3.49. The number of furan rings is 1. The van der Waals surface area contributed by atoms with Gasteiger partial charge in [0.25, 0.3) is 11.6 Å². The van der Waals surface area contributed by atoms with Gasteiger partial charge < -0.3 is 14.3 Å². The SMILES string of the molecule is O=C([O-])CN1C(=O)/C(=C\c2ccc(-c3ccc(Cl)c([N+](=O)[O-])c3)o2)SC1=S. The molecular formula is C16H8ClN2O6S2-. The summed E-state index contributed by atoms with van der Waals surface area (Å²) in [7, 11) is 0. The van der Waals surface area contributed by atoms with Crippen LogP contribution in [0.5, 0.6) is 0 Å². The number of rotatable bonds is 5. The van der Waals surface area contributed by atoms with E-state index in [-0.39, 0.29) is 19.9 Å². The number of carboxylic acids is 1. The molecule has 27 heavy (non-hydrogen) atoms. The summed E-state index contributed by atoms with van der Waals surface area (Å²) < 4.78 is 5.72. The van der Waals surface area contributed by atoms with Gasteiger partial charge in [-0.25, -0.2) is 0 Å². The van der Waals surface area contributed by atoms with E-state index < -0.39 is 23.3 Å². The summed E-state index contributed by atoms with van der Waals surface area (Å²) in [5.41, 5.74) is 0.186. The molecule has 0 radical (unpaired) electrons. The van der Waals surface area contributed by atoms with Crippen LogP contribution in [0.15, 0.2) is 39.7 Å². The van der Waals surface area contributed by atoms with Gasteiger partial charge in [-0.05, 0) is 24.3 Å². The van der Waals surface area contributed by atoms with Crippen LogP contribution in [0.2, 0.25) is 5.02 Å². The number of nitro groups is 1. The fourth-order valence-corrected chi connectivity index (χ4v) is 3.71. The average molecular weight is 424 g/mol. The lowest BCUT2D eigenvalue weighted by Gasteiger charge is -2.14. The van der Waals surface area contributed by atoms with Gasteiger partial charge in [-0.15, -0.1) is 0 Å². The summed E-state index contributed by atoms with van der Waals surface area (Å²) in [5.74, 6) is -1.34. The lowest BCUT2D eigenvalue weighted by molar-refractivity contribution is -0.384. The molecule has 0 unspecified atom stereocenters. The second kappa shape index (κ2) is 7.51. The van der Waals surface area contributed by atoms with Crippen LogP contribution >= 0.6 is 35.6 Å². The topological polar surface area (TPSA) is 117 Å². The highest BCUT2D eigenvalue weighted by Gasteiger charge is 2.32. The Kier molecular flexibility index (Phi) is 5.31. The highest BCUT2D eigenvalue weighted by Crippen LogP contribution is 2.34. The Morgan fingerprint density at radius 3 is 2.78 bits per heavy atom. The lowest BCUT2D eigenvalue weighted by Crippen LogP contribution is -2.40. The monoisotopic (exact) mass is 423 g/mol. The maximum absolute atomic E-state index is 12.2. The number of carbonyl (C=O) groups excluding carboxylic acids is 2. The van der Waals surface area contributed by atoms with E-state index in [0.717, 1.165) is 16.7 Å². The average Bonchev–Trinajstić information content (AvgIpc) is 3.15. The second-order valence-corrected chi connectivity index (χ2v) is 7.35. The zero-order chi connectivity index (χ0) is 19.7. The quantitative estimate of drug-likeness (QED) is 0.311. The summed E-state index contributed by atoms with van der Waals surface area (Å²) in [6.45, 7) is -0.625. The molecule has 0 N–H and O–H groups in total. The zero-order valence-corrected chi connectivity index (χ0v) is 15.6. The molecule has 2 aromatic rings. The third kappa shape index (κ3) is 4.02. The van der Waals surface area contributed by atoms with Crippen LogP contribution in [0.1, 0.15) is 5.76 Å². The van der Waals surface area contributed by atoms with E-state index >= 15 is 0 Å². The number of thiocarbonyl (C=S) groups is 1. The number of nitrogens with zero attached hydrogens (tertiary/aromatic N) is 2. The van der Waals surface area contributed by atoms with Crippen molar-refractivity contribution < 1.29 is 24.0 Å². The van der Waals surface area contributed by atoms with Gasteiger partial charge in [-0.3, -0.25) is 19.8 Å². The first-order valence-electron chi connectivity index (χ1n) is 7.25. The van der Waals surface area contributed by atoms with E-state index in [2.05, 4.69) is 0 Å². The van der Waals surface area contributed by atoms with Crippen molar-refractivity contribution in [2.24, 2.45) is 0 Å². The van der Waals surface area contributed by atoms with Crippen LogP contribution in [0.3, 0.4) is 0 Å².